The molecule has 0 aliphatic heterocycles. The molecule has 0 saturated heterocycles. The molecule has 6 heteroatoms. The Morgan fingerprint density at radius 2 is 2.00 bits per heavy atom. The van der Waals surface area contributed by atoms with E-state index >= 15 is 0 Å². The maximum absolute atomic E-state index is 12.0. The van der Waals surface area contributed by atoms with Crippen LogP contribution in [0, 0.1) is 12.3 Å². The van der Waals surface area contributed by atoms with Gasteiger partial charge in [0.25, 0.3) is 5.91 Å². The smallest absolute Gasteiger partial charge is 0.269 e. The molecule has 5 nitrogen and oxygen atoms in total. The van der Waals surface area contributed by atoms with Crippen LogP contribution in [-0.2, 0) is 17.8 Å². The number of aromatic hydroxyl groups is 1. The number of carbonyl (C=O) groups is 1. The molecule has 0 atom stereocenters. The summed E-state index contributed by atoms with van der Waals surface area (Å²) in [6.07, 6.45) is 5.52. The fourth-order valence-electron chi connectivity index (χ4n) is 2.56. The molecule has 1 amide bonds. The van der Waals surface area contributed by atoms with Crippen molar-refractivity contribution < 1.29 is 9.90 Å². The van der Waals surface area contributed by atoms with Gasteiger partial charge in [0, 0.05) is 9.86 Å². The van der Waals surface area contributed by atoms with E-state index in [4.69, 9.17) is 6.42 Å². The number of amides is 1. The molecule has 0 radical (unpaired) electrons. The summed E-state index contributed by atoms with van der Waals surface area (Å²) in [4.78, 5) is 12.0. The van der Waals surface area contributed by atoms with Crippen LogP contribution in [-0.4, -0.2) is 15.6 Å². The second kappa shape index (κ2) is 7.32. The summed E-state index contributed by atoms with van der Waals surface area (Å²) < 4.78 is 2.38. The number of benzene rings is 2. The van der Waals surface area contributed by atoms with Crippen molar-refractivity contribution in [2.75, 3.05) is 0 Å². The van der Waals surface area contributed by atoms with Crippen molar-refractivity contribution in [1.82, 2.24) is 4.57 Å². The first-order valence-corrected chi connectivity index (χ1v) is 8.32. The van der Waals surface area contributed by atoms with E-state index in [1.165, 1.54) is 0 Å². The Morgan fingerprint density at radius 1 is 1.24 bits per heavy atom. The maximum Gasteiger partial charge on any atom is 0.269 e. The van der Waals surface area contributed by atoms with Crippen molar-refractivity contribution in [2.45, 2.75) is 13.0 Å². The third kappa shape index (κ3) is 3.62. The van der Waals surface area contributed by atoms with Gasteiger partial charge in [0.1, 0.15) is 0 Å². The average molecular weight is 396 g/mol. The molecule has 3 rings (SSSR count). The zero-order chi connectivity index (χ0) is 17.8. The van der Waals surface area contributed by atoms with E-state index in [-0.39, 0.29) is 24.5 Å². The Balaban J connectivity index is 1.95. The van der Waals surface area contributed by atoms with Crippen molar-refractivity contribution in [3.8, 4) is 18.2 Å². The summed E-state index contributed by atoms with van der Waals surface area (Å²) in [6, 6.07) is 14.8. The van der Waals surface area contributed by atoms with E-state index in [2.05, 4.69) is 32.1 Å². The third-order valence-corrected chi connectivity index (χ3v) is 4.17. The minimum absolute atomic E-state index is 0.109. The van der Waals surface area contributed by atoms with E-state index in [0.29, 0.717) is 5.39 Å². The van der Waals surface area contributed by atoms with E-state index in [9.17, 15) is 9.90 Å². The van der Waals surface area contributed by atoms with Gasteiger partial charge in [-0.05, 0) is 23.8 Å². The van der Waals surface area contributed by atoms with Crippen LogP contribution in [0.4, 0.5) is 5.69 Å². The van der Waals surface area contributed by atoms with E-state index in [1.807, 2.05) is 42.5 Å². The molecule has 0 unspecified atom stereocenters. The third-order valence-electron chi connectivity index (χ3n) is 3.68. The zero-order valence-electron chi connectivity index (χ0n) is 13.2. The molecule has 0 saturated carbocycles. The van der Waals surface area contributed by atoms with Crippen molar-refractivity contribution in [2.24, 2.45) is 10.2 Å². The SMILES string of the molecule is C#CCn1c(O)c(N=NC(=O)Cc2ccccc2)c2cc(Br)ccc21. The van der Waals surface area contributed by atoms with Crippen LogP contribution in [0.3, 0.4) is 0 Å². The number of rotatable bonds is 4. The Kier molecular flexibility index (Phi) is 4.96. The number of hydrogen-bond acceptors (Lipinski definition) is 3. The van der Waals surface area contributed by atoms with Crippen LogP contribution in [0.5, 0.6) is 5.88 Å². The molecular formula is C19H14BrN3O2. The summed E-state index contributed by atoms with van der Waals surface area (Å²) in [5.74, 6) is 2.00. The second-order valence-electron chi connectivity index (χ2n) is 5.38. The lowest BCUT2D eigenvalue weighted by Crippen LogP contribution is -1.97. The molecule has 0 aliphatic carbocycles. The Morgan fingerprint density at radius 3 is 2.72 bits per heavy atom. The Labute approximate surface area is 153 Å². The molecule has 3 aromatic rings. The van der Waals surface area contributed by atoms with Gasteiger partial charge in [0.2, 0.25) is 5.88 Å². The number of aromatic nitrogens is 1. The minimum Gasteiger partial charge on any atom is -0.493 e. The molecule has 0 spiro atoms. The predicted molar refractivity (Wildman–Crippen MR) is 99.8 cm³/mol. The fourth-order valence-corrected chi connectivity index (χ4v) is 2.92. The normalized spacial score (nSPS) is 11.0. The van der Waals surface area contributed by atoms with Gasteiger partial charge in [-0.25, -0.2) is 0 Å². The van der Waals surface area contributed by atoms with Gasteiger partial charge in [-0.1, -0.05) is 52.2 Å². The van der Waals surface area contributed by atoms with Crippen LogP contribution >= 0.6 is 15.9 Å². The number of azo groups is 1. The van der Waals surface area contributed by atoms with Crippen LogP contribution in [0.15, 0.2) is 63.2 Å². The monoisotopic (exact) mass is 395 g/mol. The average Bonchev–Trinajstić information content (AvgIpc) is 2.85. The predicted octanol–water partition coefficient (Wildman–Crippen LogP) is 4.60. The van der Waals surface area contributed by atoms with Gasteiger partial charge >= 0.3 is 0 Å². The first kappa shape index (κ1) is 16.9. The highest BCUT2D eigenvalue weighted by atomic mass is 79.9. The summed E-state index contributed by atoms with van der Waals surface area (Å²) >= 11 is 3.39. The number of nitrogens with zero attached hydrogens (tertiary/aromatic N) is 3. The standard InChI is InChI=1S/C19H14BrN3O2/c1-2-10-23-16-9-8-14(20)12-15(16)18(19(23)25)22-21-17(24)11-13-6-4-3-5-7-13/h1,3-9,12,25H,10-11H2. The molecule has 124 valence electrons. The molecular weight excluding hydrogens is 382 g/mol. The van der Waals surface area contributed by atoms with Crippen molar-refractivity contribution in [3.63, 3.8) is 0 Å². The lowest BCUT2D eigenvalue weighted by Gasteiger charge is -2.00. The molecule has 1 aromatic heterocycles. The topological polar surface area (TPSA) is 66.9 Å². The van der Waals surface area contributed by atoms with Crippen molar-refractivity contribution in [1.29, 1.82) is 0 Å². The van der Waals surface area contributed by atoms with Gasteiger partial charge in [0.05, 0.1) is 18.5 Å². The van der Waals surface area contributed by atoms with Crippen molar-refractivity contribution >= 4 is 38.4 Å². The Bertz CT molecular complexity index is 1000. The number of fused-ring (bicyclic) bond motifs is 1. The van der Waals surface area contributed by atoms with Crippen LogP contribution in [0.1, 0.15) is 5.56 Å². The van der Waals surface area contributed by atoms with Gasteiger partial charge in [0.15, 0.2) is 5.69 Å². The molecule has 0 bridgehead atoms. The second-order valence-corrected chi connectivity index (χ2v) is 6.30. The summed E-state index contributed by atoms with van der Waals surface area (Å²) in [6.45, 7) is 0.192. The molecule has 1 heterocycles. The van der Waals surface area contributed by atoms with E-state index in [0.717, 1.165) is 15.6 Å². The maximum atomic E-state index is 12.0. The Hall–Kier alpha value is -2.91. The lowest BCUT2D eigenvalue weighted by molar-refractivity contribution is -0.117. The van der Waals surface area contributed by atoms with E-state index in [1.54, 1.807) is 10.6 Å². The minimum atomic E-state index is -0.390. The first-order chi connectivity index (χ1) is 12.1. The molecule has 0 aliphatic rings. The van der Waals surface area contributed by atoms with Crippen molar-refractivity contribution in [3.05, 3.63) is 58.6 Å². The first-order valence-electron chi connectivity index (χ1n) is 7.53. The number of hydrogen-bond donors (Lipinski definition) is 1. The molecule has 1 N–H and O–H groups in total. The molecule has 25 heavy (non-hydrogen) atoms. The zero-order valence-corrected chi connectivity index (χ0v) is 14.8. The number of halogens is 1. The number of terminal acetylenes is 1. The number of carbonyl (C=O) groups excluding carboxylic acids is 1. The molecule has 0 fully saturated rings. The van der Waals surface area contributed by atoms with Crippen LogP contribution in [0.2, 0.25) is 0 Å². The summed E-state index contributed by atoms with van der Waals surface area (Å²) in [7, 11) is 0. The van der Waals surface area contributed by atoms with Crippen LogP contribution < -0.4 is 0 Å². The summed E-state index contributed by atoms with van der Waals surface area (Å²) in [5.41, 5.74) is 1.81. The highest BCUT2D eigenvalue weighted by molar-refractivity contribution is 9.10. The van der Waals surface area contributed by atoms with Gasteiger partial charge in [-0.2, -0.15) is 0 Å². The fraction of sp³-hybridized carbons (Fsp3) is 0.105. The van der Waals surface area contributed by atoms with Crippen LogP contribution in [0.25, 0.3) is 10.9 Å². The highest BCUT2D eigenvalue weighted by Gasteiger charge is 2.17. The highest BCUT2D eigenvalue weighted by Crippen LogP contribution is 2.39. The van der Waals surface area contributed by atoms with Gasteiger partial charge in [-0.3, -0.25) is 9.36 Å². The lowest BCUT2D eigenvalue weighted by atomic mass is 10.1. The quantitative estimate of drug-likeness (QED) is 0.518. The largest absolute Gasteiger partial charge is 0.493 e. The molecule has 2 aromatic carbocycles. The summed E-state index contributed by atoms with van der Waals surface area (Å²) in [5, 5.41) is 18.8. The van der Waals surface area contributed by atoms with E-state index < -0.39 is 5.91 Å². The van der Waals surface area contributed by atoms with Gasteiger partial charge < -0.3 is 5.11 Å². The van der Waals surface area contributed by atoms with Gasteiger partial charge in [-0.15, -0.1) is 16.7 Å².